The molecule has 0 atom stereocenters. The lowest BCUT2D eigenvalue weighted by molar-refractivity contribution is 0.0686. The van der Waals surface area contributed by atoms with Gasteiger partial charge in [-0.15, -0.1) is 0 Å². The number of carbonyl (C=O) groups is 1. The van der Waals surface area contributed by atoms with E-state index in [-0.39, 0.29) is 11.8 Å². The van der Waals surface area contributed by atoms with Crippen LogP contribution < -0.4 is 9.47 Å². The summed E-state index contributed by atoms with van der Waals surface area (Å²) in [6.45, 7) is 0. The predicted molar refractivity (Wildman–Crippen MR) is 73.7 cm³/mol. The van der Waals surface area contributed by atoms with Crippen molar-refractivity contribution in [2.45, 2.75) is 25.4 Å². The van der Waals surface area contributed by atoms with Crippen LogP contribution in [-0.2, 0) is 0 Å². The Hall–Kier alpha value is -2.50. The summed E-state index contributed by atoms with van der Waals surface area (Å²) in [7, 11) is 1.58. The Morgan fingerprint density at radius 1 is 1.33 bits per heavy atom. The molecular weight excluding hydrogens is 274 g/mol. The molecule has 0 bridgehead atoms. The van der Waals surface area contributed by atoms with Gasteiger partial charge in [0.15, 0.2) is 23.0 Å². The molecule has 0 amide bonds. The van der Waals surface area contributed by atoms with Crippen molar-refractivity contribution in [2.24, 2.45) is 0 Å². The largest absolute Gasteiger partial charge is 0.493 e. The first kappa shape index (κ1) is 13.5. The van der Waals surface area contributed by atoms with Crippen LogP contribution in [0.3, 0.4) is 0 Å². The van der Waals surface area contributed by atoms with Crippen LogP contribution in [0, 0.1) is 0 Å². The average molecular weight is 289 g/mol. The zero-order valence-electron chi connectivity index (χ0n) is 11.5. The summed E-state index contributed by atoms with van der Waals surface area (Å²) in [5, 5.41) is 12.4. The van der Waals surface area contributed by atoms with Crippen LogP contribution in [0.1, 0.15) is 29.8 Å². The van der Waals surface area contributed by atoms with Gasteiger partial charge in [-0.05, 0) is 37.5 Å². The zero-order valence-corrected chi connectivity index (χ0v) is 11.5. The minimum Gasteiger partial charge on any atom is -0.493 e. The number of hydrogen-bond donors (Lipinski definition) is 1. The van der Waals surface area contributed by atoms with Crippen molar-refractivity contribution >= 4 is 5.97 Å². The molecule has 6 nitrogen and oxygen atoms in total. The van der Waals surface area contributed by atoms with Crippen molar-refractivity contribution in [3.8, 4) is 22.8 Å². The summed E-state index contributed by atoms with van der Waals surface area (Å²) in [5.41, 5.74) is 0.576. The molecule has 6 heteroatoms. The molecule has 1 N–H and O–H groups in total. The Morgan fingerprint density at radius 3 is 2.71 bits per heavy atom. The molecule has 1 saturated carbocycles. The minimum absolute atomic E-state index is 0.123. The molecule has 0 aliphatic heterocycles. The van der Waals surface area contributed by atoms with E-state index in [1.54, 1.807) is 25.3 Å². The third-order valence-corrected chi connectivity index (χ3v) is 3.52. The number of aromatic nitrogens is 1. The summed E-state index contributed by atoms with van der Waals surface area (Å²) in [5.74, 6) is 0.537. The molecule has 21 heavy (non-hydrogen) atoms. The van der Waals surface area contributed by atoms with Gasteiger partial charge in [0.25, 0.3) is 0 Å². The van der Waals surface area contributed by atoms with E-state index in [9.17, 15) is 4.79 Å². The number of methoxy groups -OCH3 is 1. The van der Waals surface area contributed by atoms with Gasteiger partial charge < -0.3 is 19.1 Å². The maximum atomic E-state index is 10.8. The van der Waals surface area contributed by atoms with E-state index < -0.39 is 5.97 Å². The van der Waals surface area contributed by atoms with Crippen molar-refractivity contribution in [2.75, 3.05) is 7.11 Å². The SMILES string of the molecule is COc1ccc(-c2cc(C(=O)O)no2)cc1OC1CCC1. The number of carboxylic acids is 1. The molecule has 0 spiro atoms. The fourth-order valence-electron chi connectivity index (χ4n) is 2.10. The second kappa shape index (κ2) is 5.47. The number of aromatic carboxylic acids is 1. The molecular formula is C15H15NO5. The lowest BCUT2D eigenvalue weighted by Gasteiger charge is -2.27. The Balaban J connectivity index is 1.90. The highest BCUT2D eigenvalue weighted by molar-refractivity contribution is 5.86. The maximum absolute atomic E-state index is 10.8. The Bertz CT molecular complexity index is 660. The first-order valence-corrected chi connectivity index (χ1v) is 6.72. The van der Waals surface area contributed by atoms with Crippen molar-refractivity contribution in [3.63, 3.8) is 0 Å². The van der Waals surface area contributed by atoms with Crippen LogP contribution in [0.25, 0.3) is 11.3 Å². The van der Waals surface area contributed by atoms with Crippen LogP contribution in [0.2, 0.25) is 0 Å². The monoisotopic (exact) mass is 289 g/mol. The fourth-order valence-corrected chi connectivity index (χ4v) is 2.10. The van der Waals surface area contributed by atoms with Gasteiger partial charge in [-0.1, -0.05) is 5.16 Å². The van der Waals surface area contributed by atoms with Gasteiger partial charge >= 0.3 is 5.97 Å². The van der Waals surface area contributed by atoms with E-state index in [2.05, 4.69) is 5.16 Å². The lowest BCUT2D eigenvalue weighted by Crippen LogP contribution is -2.24. The normalized spacial score (nSPS) is 14.5. The number of rotatable bonds is 5. The summed E-state index contributed by atoms with van der Waals surface area (Å²) in [6.07, 6.45) is 3.48. The quantitative estimate of drug-likeness (QED) is 0.911. The first-order valence-electron chi connectivity index (χ1n) is 6.72. The molecule has 1 fully saturated rings. The van der Waals surface area contributed by atoms with Crippen molar-refractivity contribution in [1.82, 2.24) is 5.16 Å². The second-order valence-corrected chi connectivity index (χ2v) is 4.92. The van der Waals surface area contributed by atoms with Crippen molar-refractivity contribution in [3.05, 3.63) is 30.0 Å². The minimum atomic E-state index is -1.12. The number of benzene rings is 1. The van der Waals surface area contributed by atoms with Crippen LogP contribution in [0.4, 0.5) is 0 Å². The first-order chi connectivity index (χ1) is 10.2. The van der Waals surface area contributed by atoms with Crippen LogP contribution in [-0.4, -0.2) is 29.4 Å². The van der Waals surface area contributed by atoms with E-state index in [1.165, 1.54) is 12.5 Å². The molecule has 1 heterocycles. The van der Waals surface area contributed by atoms with Gasteiger partial charge in [0.1, 0.15) is 0 Å². The highest BCUT2D eigenvalue weighted by Gasteiger charge is 2.21. The summed E-state index contributed by atoms with van der Waals surface area (Å²) in [6, 6.07) is 6.71. The molecule has 0 saturated heterocycles. The Morgan fingerprint density at radius 2 is 2.14 bits per heavy atom. The highest BCUT2D eigenvalue weighted by Crippen LogP contribution is 2.36. The highest BCUT2D eigenvalue weighted by atomic mass is 16.5. The predicted octanol–water partition coefficient (Wildman–Crippen LogP) is 2.98. The molecule has 0 radical (unpaired) electrons. The lowest BCUT2D eigenvalue weighted by atomic mass is 9.96. The Kier molecular flexibility index (Phi) is 3.51. The molecule has 3 rings (SSSR count). The zero-order chi connectivity index (χ0) is 14.8. The summed E-state index contributed by atoms with van der Waals surface area (Å²) >= 11 is 0. The molecule has 110 valence electrons. The van der Waals surface area contributed by atoms with Gasteiger partial charge in [0.05, 0.1) is 13.2 Å². The van der Waals surface area contributed by atoms with Gasteiger partial charge in [-0.3, -0.25) is 0 Å². The van der Waals surface area contributed by atoms with Gasteiger partial charge in [0, 0.05) is 11.6 Å². The molecule has 1 aromatic heterocycles. The molecule has 1 aliphatic carbocycles. The van der Waals surface area contributed by atoms with Crippen LogP contribution in [0.5, 0.6) is 11.5 Å². The Labute approximate surface area is 121 Å². The topological polar surface area (TPSA) is 81.8 Å². The second-order valence-electron chi connectivity index (χ2n) is 4.92. The van der Waals surface area contributed by atoms with Gasteiger partial charge in [-0.2, -0.15) is 0 Å². The average Bonchev–Trinajstić information content (AvgIpc) is 2.92. The third-order valence-electron chi connectivity index (χ3n) is 3.52. The third kappa shape index (κ3) is 2.69. The number of carboxylic acid groups (broad SMARTS) is 1. The van der Waals surface area contributed by atoms with Crippen molar-refractivity contribution in [1.29, 1.82) is 0 Å². The van der Waals surface area contributed by atoms with E-state index in [1.807, 2.05) is 0 Å². The maximum Gasteiger partial charge on any atom is 0.358 e. The van der Waals surface area contributed by atoms with Crippen LogP contribution in [0.15, 0.2) is 28.8 Å². The van der Waals surface area contributed by atoms with Crippen LogP contribution >= 0.6 is 0 Å². The molecule has 1 aliphatic rings. The fraction of sp³-hybridized carbons (Fsp3) is 0.333. The molecule has 1 aromatic carbocycles. The van der Waals surface area contributed by atoms with Gasteiger partial charge in [0.2, 0.25) is 0 Å². The van der Waals surface area contributed by atoms with E-state index in [0.29, 0.717) is 22.8 Å². The number of ether oxygens (including phenoxy) is 2. The van der Waals surface area contributed by atoms with E-state index in [4.69, 9.17) is 19.1 Å². The number of nitrogens with zero attached hydrogens (tertiary/aromatic N) is 1. The molecule has 0 unspecified atom stereocenters. The van der Waals surface area contributed by atoms with E-state index >= 15 is 0 Å². The van der Waals surface area contributed by atoms with E-state index in [0.717, 1.165) is 12.8 Å². The number of hydrogen-bond acceptors (Lipinski definition) is 5. The van der Waals surface area contributed by atoms with Crippen molar-refractivity contribution < 1.29 is 23.9 Å². The summed E-state index contributed by atoms with van der Waals surface area (Å²) in [4.78, 5) is 10.8. The van der Waals surface area contributed by atoms with Gasteiger partial charge in [-0.25, -0.2) is 4.79 Å². The molecule has 2 aromatic rings. The smallest absolute Gasteiger partial charge is 0.358 e. The standard InChI is InChI=1S/C15H15NO5/c1-19-12-6-5-9(7-14(12)20-10-3-2-4-10)13-8-11(15(17)18)16-21-13/h5-8,10H,2-4H2,1H3,(H,17,18). The summed E-state index contributed by atoms with van der Waals surface area (Å²) < 4.78 is 16.2.